The molecule has 1 aliphatic rings. The van der Waals surface area contributed by atoms with E-state index in [4.69, 9.17) is 0 Å². The Morgan fingerprint density at radius 1 is 1.00 bits per heavy atom. The van der Waals surface area contributed by atoms with Gasteiger partial charge >= 0.3 is 0 Å². The summed E-state index contributed by atoms with van der Waals surface area (Å²) in [6.45, 7) is 3.72. The van der Waals surface area contributed by atoms with Gasteiger partial charge in [-0.15, -0.1) is 0 Å². The maximum absolute atomic E-state index is 12.3. The van der Waals surface area contributed by atoms with Gasteiger partial charge in [-0.2, -0.15) is 0 Å². The molecule has 0 unspecified atom stereocenters. The van der Waals surface area contributed by atoms with E-state index >= 15 is 0 Å². The van der Waals surface area contributed by atoms with Crippen LogP contribution >= 0.6 is 0 Å². The smallest absolute Gasteiger partial charge is 0.162 e. The Kier molecular flexibility index (Phi) is 3.33. The van der Waals surface area contributed by atoms with E-state index in [2.05, 4.69) is 48.3 Å². The van der Waals surface area contributed by atoms with Gasteiger partial charge in [-0.05, 0) is 74.4 Å². The lowest BCUT2D eigenvalue weighted by Crippen LogP contribution is -2.03. The molecule has 0 atom stereocenters. The number of fused-ring (bicyclic) bond motifs is 2. The molecule has 0 saturated carbocycles. The van der Waals surface area contributed by atoms with E-state index in [0.29, 0.717) is 0 Å². The number of aromatic nitrogens is 1. The quantitative estimate of drug-likeness (QED) is 0.646. The number of carbonyl (C=O) groups excluding carboxylic acids is 1. The summed E-state index contributed by atoms with van der Waals surface area (Å²) in [5.74, 6) is 0.120. The number of hydrogen-bond donors (Lipinski definition) is 1. The normalized spacial score (nSPS) is 14.0. The fourth-order valence-electron chi connectivity index (χ4n) is 3.78. The van der Waals surface area contributed by atoms with E-state index < -0.39 is 0 Å². The third kappa shape index (κ3) is 2.39. The van der Waals surface area contributed by atoms with E-state index in [1.807, 2.05) is 0 Å². The molecule has 2 nitrogen and oxygen atoms in total. The fourth-order valence-corrected chi connectivity index (χ4v) is 3.78. The van der Waals surface area contributed by atoms with Crippen LogP contribution in [0.4, 0.5) is 0 Å². The van der Waals surface area contributed by atoms with Crippen molar-refractivity contribution in [1.82, 2.24) is 4.98 Å². The predicted octanol–water partition coefficient (Wildman–Crippen LogP) is 5.22. The highest BCUT2D eigenvalue weighted by molar-refractivity contribution is 6.12. The fraction of sp³-hybridized carbons (Fsp3) is 0.286. The van der Waals surface area contributed by atoms with Gasteiger partial charge in [0, 0.05) is 10.9 Å². The zero-order valence-corrected chi connectivity index (χ0v) is 13.7. The summed E-state index contributed by atoms with van der Waals surface area (Å²) in [6.07, 6.45) is 4.89. The summed E-state index contributed by atoms with van der Waals surface area (Å²) >= 11 is 0. The van der Waals surface area contributed by atoms with Crippen LogP contribution in [0.2, 0.25) is 0 Å². The second-order valence-corrected chi connectivity index (χ2v) is 6.67. The molecular formula is C21H21NO. The minimum atomic E-state index is 0.120. The zero-order chi connectivity index (χ0) is 16.0. The molecule has 0 radical (unpaired) electrons. The highest BCUT2D eigenvalue weighted by atomic mass is 16.1. The Morgan fingerprint density at radius 2 is 1.78 bits per heavy atom. The van der Waals surface area contributed by atoms with Crippen molar-refractivity contribution in [2.45, 2.75) is 39.5 Å². The van der Waals surface area contributed by atoms with Crippen molar-refractivity contribution >= 4 is 16.7 Å². The summed E-state index contributed by atoms with van der Waals surface area (Å²) in [5, 5.41) is 1.03. The average Bonchev–Trinajstić information content (AvgIpc) is 2.93. The van der Waals surface area contributed by atoms with Gasteiger partial charge in [0.15, 0.2) is 5.78 Å². The number of benzene rings is 2. The van der Waals surface area contributed by atoms with Gasteiger partial charge in [-0.25, -0.2) is 0 Å². The van der Waals surface area contributed by atoms with Crippen molar-refractivity contribution in [2.75, 3.05) is 0 Å². The van der Waals surface area contributed by atoms with Crippen LogP contribution in [0, 0.1) is 6.92 Å². The van der Waals surface area contributed by atoms with Crippen LogP contribution in [0.5, 0.6) is 0 Å². The van der Waals surface area contributed by atoms with Crippen molar-refractivity contribution in [3.63, 3.8) is 0 Å². The molecule has 1 aliphatic carbocycles. The molecule has 116 valence electrons. The van der Waals surface area contributed by atoms with E-state index in [0.717, 1.165) is 34.1 Å². The number of carbonyl (C=O) groups is 1. The van der Waals surface area contributed by atoms with Crippen molar-refractivity contribution in [3.8, 4) is 11.3 Å². The first-order chi connectivity index (χ1) is 11.1. The number of aryl methyl sites for hydroxylation is 3. The number of hydrogen-bond acceptors (Lipinski definition) is 1. The first-order valence-corrected chi connectivity index (χ1v) is 8.39. The minimum Gasteiger partial charge on any atom is -0.354 e. The predicted molar refractivity (Wildman–Crippen MR) is 95.1 cm³/mol. The highest BCUT2D eigenvalue weighted by Crippen LogP contribution is 2.33. The van der Waals surface area contributed by atoms with Crippen molar-refractivity contribution in [2.24, 2.45) is 0 Å². The Bertz CT molecular complexity index is 917. The van der Waals surface area contributed by atoms with Crippen molar-refractivity contribution in [1.29, 1.82) is 0 Å². The van der Waals surface area contributed by atoms with E-state index in [1.54, 1.807) is 6.92 Å². The van der Waals surface area contributed by atoms with Gasteiger partial charge in [0.1, 0.15) is 0 Å². The summed E-state index contributed by atoms with van der Waals surface area (Å²) in [4.78, 5) is 15.8. The molecule has 3 aromatic rings. The third-order valence-corrected chi connectivity index (χ3v) is 4.94. The van der Waals surface area contributed by atoms with Gasteiger partial charge in [0.2, 0.25) is 0 Å². The maximum Gasteiger partial charge on any atom is 0.162 e. The van der Waals surface area contributed by atoms with E-state index in [1.165, 1.54) is 36.0 Å². The molecule has 0 bridgehead atoms. The Balaban J connectivity index is 1.94. The van der Waals surface area contributed by atoms with Gasteiger partial charge < -0.3 is 4.98 Å². The average molecular weight is 303 g/mol. The molecule has 1 aromatic heterocycles. The summed E-state index contributed by atoms with van der Waals surface area (Å²) < 4.78 is 0. The standard InChI is InChI=1S/C21H21NO/c1-13-7-10-19-18(11-13)20(14(2)23)21(22-19)17-9-8-15-5-3-4-6-16(15)12-17/h7-12,22H,3-6H2,1-2H3. The minimum absolute atomic E-state index is 0.120. The Morgan fingerprint density at radius 3 is 2.57 bits per heavy atom. The van der Waals surface area contributed by atoms with Crippen LogP contribution in [-0.4, -0.2) is 10.8 Å². The molecule has 0 fully saturated rings. The Hall–Kier alpha value is -2.35. The lowest BCUT2D eigenvalue weighted by atomic mass is 9.89. The summed E-state index contributed by atoms with van der Waals surface area (Å²) in [5.41, 5.74) is 8.04. The number of rotatable bonds is 2. The molecule has 0 aliphatic heterocycles. The number of nitrogens with one attached hydrogen (secondary N) is 1. The van der Waals surface area contributed by atoms with Gasteiger partial charge in [-0.1, -0.05) is 23.8 Å². The molecule has 2 aromatic carbocycles. The monoisotopic (exact) mass is 303 g/mol. The summed E-state index contributed by atoms with van der Waals surface area (Å²) in [7, 11) is 0. The molecule has 0 saturated heterocycles. The van der Waals surface area contributed by atoms with Crippen LogP contribution in [-0.2, 0) is 12.8 Å². The van der Waals surface area contributed by atoms with Crippen molar-refractivity contribution in [3.05, 3.63) is 58.7 Å². The SMILES string of the molecule is CC(=O)c1c(-c2ccc3c(c2)CCCC3)[nH]c2ccc(C)cc12. The molecular weight excluding hydrogens is 282 g/mol. The van der Waals surface area contributed by atoms with E-state index in [-0.39, 0.29) is 5.78 Å². The number of aromatic amines is 1. The molecule has 1 heterocycles. The maximum atomic E-state index is 12.3. The molecule has 2 heteroatoms. The molecule has 1 N–H and O–H groups in total. The molecule has 0 amide bonds. The molecule has 4 rings (SSSR count). The van der Waals surface area contributed by atoms with Crippen LogP contribution in [0.1, 0.15) is 46.8 Å². The molecule has 23 heavy (non-hydrogen) atoms. The number of ketones is 1. The van der Waals surface area contributed by atoms with Gasteiger partial charge in [0.25, 0.3) is 0 Å². The number of Topliss-reactive ketones (excluding diaryl/α,β-unsaturated/α-hetero) is 1. The van der Waals surface area contributed by atoms with Crippen LogP contribution in [0.15, 0.2) is 36.4 Å². The second-order valence-electron chi connectivity index (χ2n) is 6.67. The summed E-state index contributed by atoms with van der Waals surface area (Å²) in [6, 6.07) is 12.9. The zero-order valence-electron chi connectivity index (χ0n) is 13.7. The highest BCUT2D eigenvalue weighted by Gasteiger charge is 2.18. The van der Waals surface area contributed by atoms with E-state index in [9.17, 15) is 4.79 Å². The first kappa shape index (κ1) is 14.3. The van der Waals surface area contributed by atoms with Crippen molar-refractivity contribution < 1.29 is 4.79 Å². The van der Waals surface area contributed by atoms with Crippen LogP contribution < -0.4 is 0 Å². The Labute approximate surface area is 136 Å². The van der Waals surface area contributed by atoms with Crippen LogP contribution in [0.3, 0.4) is 0 Å². The lowest BCUT2D eigenvalue weighted by Gasteiger charge is -2.16. The van der Waals surface area contributed by atoms with Gasteiger partial charge in [-0.3, -0.25) is 4.79 Å². The van der Waals surface area contributed by atoms with Gasteiger partial charge in [0.05, 0.1) is 11.3 Å². The van der Waals surface area contributed by atoms with Crippen LogP contribution in [0.25, 0.3) is 22.2 Å². The lowest BCUT2D eigenvalue weighted by molar-refractivity contribution is 0.102. The third-order valence-electron chi connectivity index (χ3n) is 4.94. The first-order valence-electron chi connectivity index (χ1n) is 8.39. The molecule has 0 spiro atoms. The second kappa shape index (κ2) is 5.38. The topological polar surface area (TPSA) is 32.9 Å². The number of H-pyrrole nitrogens is 1. The largest absolute Gasteiger partial charge is 0.354 e.